The lowest BCUT2D eigenvalue weighted by molar-refractivity contribution is 0.200. The highest BCUT2D eigenvalue weighted by Gasteiger charge is 2.22. The van der Waals surface area contributed by atoms with Crippen molar-refractivity contribution in [1.29, 1.82) is 0 Å². The van der Waals surface area contributed by atoms with Gasteiger partial charge in [0.15, 0.2) is 0 Å². The van der Waals surface area contributed by atoms with Gasteiger partial charge in [0.25, 0.3) is 0 Å². The monoisotopic (exact) mass is 278 g/mol. The summed E-state index contributed by atoms with van der Waals surface area (Å²) < 4.78 is 5.45. The Labute approximate surface area is 126 Å². The Morgan fingerprint density at radius 2 is 1.80 bits per heavy atom. The maximum absolute atomic E-state index is 5.45. The molecular formula is C19H34O. The van der Waals surface area contributed by atoms with Crippen LogP contribution in [0.15, 0.2) is 12.3 Å². The van der Waals surface area contributed by atoms with Crippen LogP contribution in [0, 0.1) is 17.8 Å². The van der Waals surface area contributed by atoms with Crippen molar-refractivity contribution in [3.8, 4) is 0 Å². The molecule has 1 nitrogen and oxygen atoms in total. The van der Waals surface area contributed by atoms with E-state index in [0.29, 0.717) is 5.92 Å². The second-order valence-electron chi connectivity index (χ2n) is 7.02. The molecule has 2 atom stereocenters. The maximum atomic E-state index is 5.45. The molecule has 0 aromatic heterocycles. The van der Waals surface area contributed by atoms with Crippen molar-refractivity contribution in [2.45, 2.75) is 84.0 Å². The summed E-state index contributed by atoms with van der Waals surface area (Å²) in [5, 5.41) is 0. The fourth-order valence-corrected chi connectivity index (χ4v) is 4.04. The zero-order valence-corrected chi connectivity index (χ0v) is 13.5. The van der Waals surface area contributed by atoms with Crippen LogP contribution in [0.3, 0.4) is 0 Å². The van der Waals surface area contributed by atoms with Crippen molar-refractivity contribution in [1.82, 2.24) is 0 Å². The van der Waals surface area contributed by atoms with Gasteiger partial charge in [0.05, 0.1) is 12.9 Å². The van der Waals surface area contributed by atoms with Crippen molar-refractivity contribution >= 4 is 0 Å². The standard InChI is InChI=1S/C19H34O/c1-2-3-4-12-18(19-14-15-20-16-19)13-8-7-11-17-9-5-6-10-17/h14-15,17-19H,2-13,16H2,1H3. The molecule has 2 rings (SSSR count). The van der Waals surface area contributed by atoms with Crippen LogP contribution in [-0.2, 0) is 4.74 Å². The lowest BCUT2D eigenvalue weighted by atomic mass is 9.84. The quantitative estimate of drug-likeness (QED) is 0.439. The topological polar surface area (TPSA) is 9.23 Å². The summed E-state index contributed by atoms with van der Waals surface area (Å²) in [7, 11) is 0. The van der Waals surface area contributed by atoms with E-state index < -0.39 is 0 Å². The molecule has 0 spiro atoms. The molecule has 1 heteroatoms. The predicted octanol–water partition coefficient (Wildman–Crippen LogP) is 6.09. The highest BCUT2D eigenvalue weighted by Crippen LogP contribution is 2.32. The van der Waals surface area contributed by atoms with Gasteiger partial charge in [0, 0.05) is 5.92 Å². The van der Waals surface area contributed by atoms with Crippen molar-refractivity contribution < 1.29 is 4.74 Å². The van der Waals surface area contributed by atoms with E-state index >= 15 is 0 Å². The fourth-order valence-electron chi connectivity index (χ4n) is 4.04. The van der Waals surface area contributed by atoms with Crippen LogP contribution in [-0.4, -0.2) is 6.61 Å². The Morgan fingerprint density at radius 1 is 1.05 bits per heavy atom. The normalized spacial score (nSPS) is 24.1. The summed E-state index contributed by atoms with van der Waals surface area (Å²) in [6, 6.07) is 0. The zero-order valence-electron chi connectivity index (χ0n) is 13.5. The van der Waals surface area contributed by atoms with Crippen molar-refractivity contribution in [2.75, 3.05) is 6.61 Å². The molecule has 2 aliphatic rings. The van der Waals surface area contributed by atoms with Gasteiger partial charge in [-0.3, -0.25) is 0 Å². The van der Waals surface area contributed by atoms with Gasteiger partial charge in [-0.15, -0.1) is 0 Å². The van der Waals surface area contributed by atoms with Gasteiger partial charge in [0.2, 0.25) is 0 Å². The van der Waals surface area contributed by atoms with E-state index in [2.05, 4.69) is 13.0 Å². The van der Waals surface area contributed by atoms with E-state index in [9.17, 15) is 0 Å². The Bertz CT molecular complexity index is 265. The smallest absolute Gasteiger partial charge is 0.0939 e. The minimum atomic E-state index is 0.707. The first-order valence-electron chi connectivity index (χ1n) is 9.18. The molecule has 1 aliphatic carbocycles. The number of ether oxygens (including phenoxy) is 1. The van der Waals surface area contributed by atoms with Gasteiger partial charge in [-0.1, -0.05) is 71.1 Å². The Morgan fingerprint density at radius 3 is 2.45 bits per heavy atom. The van der Waals surface area contributed by atoms with Crippen molar-refractivity contribution in [3.63, 3.8) is 0 Å². The van der Waals surface area contributed by atoms with E-state index in [1.165, 1.54) is 77.0 Å². The number of rotatable bonds is 10. The second-order valence-corrected chi connectivity index (χ2v) is 7.02. The second kappa shape index (κ2) is 9.47. The third-order valence-corrected chi connectivity index (χ3v) is 5.41. The molecule has 1 saturated carbocycles. The van der Waals surface area contributed by atoms with Crippen LogP contribution < -0.4 is 0 Å². The van der Waals surface area contributed by atoms with Gasteiger partial charge >= 0.3 is 0 Å². The molecule has 1 heterocycles. The van der Waals surface area contributed by atoms with Crippen LogP contribution >= 0.6 is 0 Å². The van der Waals surface area contributed by atoms with Crippen LogP contribution in [0.2, 0.25) is 0 Å². The SMILES string of the molecule is CCCCCC(CCCCC1CCCC1)C1C=COC1. The number of hydrogen-bond donors (Lipinski definition) is 0. The molecule has 1 aliphatic heterocycles. The Kier molecular flexibility index (Phi) is 7.54. The fraction of sp³-hybridized carbons (Fsp3) is 0.895. The summed E-state index contributed by atoms with van der Waals surface area (Å²) in [5.74, 6) is 2.66. The molecule has 0 saturated heterocycles. The van der Waals surface area contributed by atoms with Crippen LogP contribution in [0.25, 0.3) is 0 Å². The summed E-state index contributed by atoms with van der Waals surface area (Å²) in [6.07, 6.45) is 21.6. The summed E-state index contributed by atoms with van der Waals surface area (Å²) in [6.45, 7) is 3.24. The molecule has 116 valence electrons. The Hall–Kier alpha value is -0.460. The highest BCUT2D eigenvalue weighted by molar-refractivity contribution is 4.92. The molecule has 0 aromatic carbocycles. The van der Waals surface area contributed by atoms with Gasteiger partial charge < -0.3 is 4.74 Å². The zero-order chi connectivity index (χ0) is 14.0. The van der Waals surface area contributed by atoms with E-state index in [1.54, 1.807) is 0 Å². The van der Waals surface area contributed by atoms with E-state index in [1.807, 2.05) is 6.26 Å². The molecule has 1 fully saturated rings. The molecule has 20 heavy (non-hydrogen) atoms. The first kappa shape index (κ1) is 15.9. The van der Waals surface area contributed by atoms with Crippen molar-refractivity contribution in [2.24, 2.45) is 17.8 Å². The summed E-state index contributed by atoms with van der Waals surface area (Å²) in [4.78, 5) is 0. The van der Waals surface area contributed by atoms with E-state index in [4.69, 9.17) is 4.74 Å². The predicted molar refractivity (Wildman–Crippen MR) is 86.6 cm³/mol. The molecule has 0 amide bonds. The van der Waals surface area contributed by atoms with Crippen LogP contribution in [0.4, 0.5) is 0 Å². The summed E-state index contributed by atoms with van der Waals surface area (Å²) in [5.41, 5.74) is 0. The van der Waals surface area contributed by atoms with Crippen molar-refractivity contribution in [3.05, 3.63) is 12.3 Å². The van der Waals surface area contributed by atoms with Crippen LogP contribution in [0.1, 0.15) is 84.0 Å². The molecule has 2 unspecified atom stereocenters. The average molecular weight is 278 g/mol. The first-order valence-corrected chi connectivity index (χ1v) is 9.18. The van der Waals surface area contributed by atoms with Gasteiger partial charge in [-0.25, -0.2) is 0 Å². The third kappa shape index (κ3) is 5.50. The van der Waals surface area contributed by atoms with E-state index in [0.717, 1.165) is 18.4 Å². The number of hydrogen-bond acceptors (Lipinski definition) is 1. The van der Waals surface area contributed by atoms with Gasteiger partial charge in [-0.05, 0) is 30.8 Å². The lowest BCUT2D eigenvalue weighted by Crippen LogP contribution is -2.15. The van der Waals surface area contributed by atoms with Gasteiger partial charge in [0.1, 0.15) is 0 Å². The molecular weight excluding hydrogens is 244 g/mol. The van der Waals surface area contributed by atoms with E-state index in [-0.39, 0.29) is 0 Å². The molecule has 0 radical (unpaired) electrons. The number of unbranched alkanes of at least 4 members (excludes halogenated alkanes) is 3. The highest BCUT2D eigenvalue weighted by atomic mass is 16.5. The van der Waals surface area contributed by atoms with Gasteiger partial charge in [-0.2, -0.15) is 0 Å². The lowest BCUT2D eigenvalue weighted by Gasteiger charge is -2.21. The molecule has 0 aromatic rings. The minimum absolute atomic E-state index is 0.707. The Balaban J connectivity index is 1.62. The third-order valence-electron chi connectivity index (χ3n) is 5.41. The largest absolute Gasteiger partial charge is 0.501 e. The average Bonchev–Trinajstić information content (AvgIpc) is 3.14. The molecule has 0 N–H and O–H groups in total. The summed E-state index contributed by atoms with van der Waals surface area (Å²) >= 11 is 0. The minimum Gasteiger partial charge on any atom is -0.501 e. The molecule has 0 bridgehead atoms. The first-order chi connectivity index (χ1) is 9.90. The maximum Gasteiger partial charge on any atom is 0.0939 e. The van der Waals surface area contributed by atoms with Crippen LogP contribution in [0.5, 0.6) is 0 Å².